The van der Waals surface area contributed by atoms with Gasteiger partial charge in [-0.25, -0.2) is 4.79 Å². The third kappa shape index (κ3) is 5.55. The fourth-order valence-electron chi connectivity index (χ4n) is 1.88. The molecule has 22 heavy (non-hydrogen) atoms. The van der Waals surface area contributed by atoms with Gasteiger partial charge in [0.2, 0.25) is 0 Å². The molecule has 2 aromatic rings. The molecule has 0 heterocycles. The number of para-hydroxylation sites is 1. The SMILES string of the molecule is Cc1ccccc1OCCCNC(=O)Nc1ccc(I)cc1. The highest BCUT2D eigenvalue weighted by Crippen LogP contribution is 2.16. The Hall–Kier alpha value is -1.76. The van der Waals surface area contributed by atoms with E-state index in [1.54, 1.807) is 0 Å². The van der Waals surface area contributed by atoms with Gasteiger partial charge in [-0.1, -0.05) is 18.2 Å². The molecule has 0 spiro atoms. The third-order valence-electron chi connectivity index (χ3n) is 3.06. The number of benzene rings is 2. The van der Waals surface area contributed by atoms with Gasteiger partial charge < -0.3 is 15.4 Å². The molecule has 0 aliphatic rings. The molecule has 0 atom stereocenters. The van der Waals surface area contributed by atoms with Gasteiger partial charge in [0.25, 0.3) is 0 Å². The molecule has 116 valence electrons. The van der Waals surface area contributed by atoms with E-state index in [2.05, 4.69) is 33.2 Å². The molecule has 0 saturated carbocycles. The van der Waals surface area contributed by atoms with Gasteiger partial charge in [0, 0.05) is 15.8 Å². The maximum absolute atomic E-state index is 11.7. The molecule has 4 nitrogen and oxygen atoms in total. The predicted molar refractivity (Wildman–Crippen MR) is 97.5 cm³/mol. The van der Waals surface area contributed by atoms with Crippen molar-refractivity contribution in [3.8, 4) is 5.75 Å². The Labute approximate surface area is 144 Å². The minimum absolute atomic E-state index is 0.197. The summed E-state index contributed by atoms with van der Waals surface area (Å²) in [6.45, 7) is 3.17. The van der Waals surface area contributed by atoms with Crippen LogP contribution in [0.2, 0.25) is 0 Å². The summed E-state index contributed by atoms with van der Waals surface area (Å²) < 4.78 is 6.81. The zero-order valence-corrected chi connectivity index (χ0v) is 14.6. The monoisotopic (exact) mass is 410 g/mol. The minimum Gasteiger partial charge on any atom is -0.493 e. The van der Waals surface area contributed by atoms with Gasteiger partial charge in [-0.15, -0.1) is 0 Å². The average Bonchev–Trinajstić information content (AvgIpc) is 2.51. The number of amides is 2. The number of hydrogen-bond donors (Lipinski definition) is 2. The summed E-state index contributed by atoms with van der Waals surface area (Å²) in [6.07, 6.45) is 0.758. The van der Waals surface area contributed by atoms with Crippen molar-refractivity contribution in [2.24, 2.45) is 0 Å². The Balaban J connectivity index is 1.63. The number of nitrogens with one attached hydrogen (secondary N) is 2. The van der Waals surface area contributed by atoms with Crippen molar-refractivity contribution < 1.29 is 9.53 Å². The average molecular weight is 410 g/mol. The van der Waals surface area contributed by atoms with E-state index in [4.69, 9.17) is 4.74 Å². The van der Waals surface area contributed by atoms with Crippen molar-refractivity contribution in [1.82, 2.24) is 5.32 Å². The predicted octanol–water partition coefficient (Wildman–Crippen LogP) is 4.19. The quantitative estimate of drug-likeness (QED) is 0.554. The first-order valence-corrected chi connectivity index (χ1v) is 8.22. The van der Waals surface area contributed by atoms with Crippen molar-refractivity contribution in [3.63, 3.8) is 0 Å². The zero-order chi connectivity index (χ0) is 15.8. The topological polar surface area (TPSA) is 50.4 Å². The smallest absolute Gasteiger partial charge is 0.319 e. The van der Waals surface area contributed by atoms with Crippen LogP contribution >= 0.6 is 22.6 Å². The Morgan fingerprint density at radius 1 is 1.14 bits per heavy atom. The second-order valence-electron chi connectivity index (χ2n) is 4.86. The second kappa shape index (κ2) is 8.63. The molecule has 0 aromatic heterocycles. The van der Waals surface area contributed by atoms with Crippen molar-refractivity contribution in [2.45, 2.75) is 13.3 Å². The highest BCUT2D eigenvalue weighted by atomic mass is 127. The Kier molecular flexibility index (Phi) is 6.51. The summed E-state index contributed by atoms with van der Waals surface area (Å²) in [4.78, 5) is 11.7. The largest absolute Gasteiger partial charge is 0.493 e. The van der Waals surface area contributed by atoms with Gasteiger partial charge in [0.15, 0.2) is 0 Å². The molecule has 5 heteroatoms. The molecule has 0 unspecified atom stereocenters. The number of ether oxygens (including phenoxy) is 1. The summed E-state index contributed by atoms with van der Waals surface area (Å²) in [5.74, 6) is 0.894. The molecule has 0 saturated heterocycles. The zero-order valence-electron chi connectivity index (χ0n) is 12.4. The first-order chi connectivity index (χ1) is 10.6. The molecule has 2 amide bonds. The van der Waals surface area contributed by atoms with Crippen LogP contribution in [-0.4, -0.2) is 19.2 Å². The lowest BCUT2D eigenvalue weighted by Gasteiger charge is -2.10. The Morgan fingerprint density at radius 2 is 1.86 bits per heavy atom. The fraction of sp³-hybridized carbons (Fsp3) is 0.235. The van der Waals surface area contributed by atoms with E-state index in [-0.39, 0.29) is 6.03 Å². The molecule has 0 fully saturated rings. The van der Waals surface area contributed by atoms with Gasteiger partial charge in [-0.2, -0.15) is 0 Å². The molecular weight excluding hydrogens is 391 g/mol. The van der Waals surface area contributed by atoms with Crippen LogP contribution in [0.15, 0.2) is 48.5 Å². The summed E-state index contributed by atoms with van der Waals surface area (Å²) in [5, 5.41) is 5.61. The van der Waals surface area contributed by atoms with Crippen LogP contribution in [0.1, 0.15) is 12.0 Å². The van der Waals surface area contributed by atoms with Crippen molar-refractivity contribution in [3.05, 3.63) is 57.7 Å². The Morgan fingerprint density at radius 3 is 2.59 bits per heavy atom. The van der Waals surface area contributed by atoms with E-state index < -0.39 is 0 Å². The summed E-state index contributed by atoms with van der Waals surface area (Å²) in [5.41, 5.74) is 1.90. The number of hydrogen-bond acceptors (Lipinski definition) is 2. The van der Waals surface area contributed by atoms with Gasteiger partial charge in [-0.3, -0.25) is 0 Å². The highest BCUT2D eigenvalue weighted by molar-refractivity contribution is 14.1. The highest BCUT2D eigenvalue weighted by Gasteiger charge is 2.01. The molecule has 0 radical (unpaired) electrons. The van der Waals surface area contributed by atoms with Crippen molar-refractivity contribution >= 4 is 34.3 Å². The summed E-state index contributed by atoms with van der Waals surface area (Å²) in [6, 6.07) is 15.4. The number of carbonyl (C=O) groups excluding carboxylic acids is 1. The van der Waals surface area contributed by atoms with Crippen molar-refractivity contribution in [2.75, 3.05) is 18.5 Å². The second-order valence-corrected chi connectivity index (χ2v) is 6.10. The van der Waals surface area contributed by atoms with Gasteiger partial charge >= 0.3 is 6.03 Å². The van der Waals surface area contributed by atoms with Crippen LogP contribution in [0.25, 0.3) is 0 Å². The van der Waals surface area contributed by atoms with Gasteiger partial charge in [-0.05, 0) is 71.8 Å². The molecule has 0 aliphatic carbocycles. The van der Waals surface area contributed by atoms with Crippen LogP contribution < -0.4 is 15.4 Å². The summed E-state index contributed by atoms with van der Waals surface area (Å²) in [7, 11) is 0. The van der Waals surface area contributed by atoms with E-state index in [0.717, 1.165) is 27.0 Å². The van der Waals surface area contributed by atoms with Crippen LogP contribution in [0, 0.1) is 10.5 Å². The molecule has 0 aliphatic heterocycles. The maximum Gasteiger partial charge on any atom is 0.319 e. The third-order valence-corrected chi connectivity index (χ3v) is 3.78. The number of urea groups is 1. The first kappa shape index (κ1) is 16.6. The molecule has 0 bridgehead atoms. The lowest BCUT2D eigenvalue weighted by molar-refractivity contribution is 0.250. The normalized spacial score (nSPS) is 10.1. The van der Waals surface area contributed by atoms with Crippen LogP contribution in [0.4, 0.5) is 10.5 Å². The molecular formula is C17H19IN2O2. The summed E-state index contributed by atoms with van der Waals surface area (Å²) >= 11 is 2.23. The standard InChI is InChI=1S/C17H19IN2O2/c1-13-5-2-3-6-16(13)22-12-4-11-19-17(21)20-15-9-7-14(18)8-10-15/h2-3,5-10H,4,11-12H2,1H3,(H2,19,20,21). The van der Waals surface area contributed by atoms with Crippen LogP contribution in [0.3, 0.4) is 0 Å². The molecule has 2 rings (SSSR count). The lowest BCUT2D eigenvalue weighted by Crippen LogP contribution is -2.30. The van der Waals surface area contributed by atoms with E-state index in [0.29, 0.717) is 13.2 Å². The maximum atomic E-state index is 11.7. The van der Waals surface area contributed by atoms with E-state index >= 15 is 0 Å². The van der Waals surface area contributed by atoms with Crippen LogP contribution in [-0.2, 0) is 0 Å². The number of carbonyl (C=O) groups is 1. The number of halogens is 1. The number of rotatable bonds is 6. The number of anilines is 1. The Bertz CT molecular complexity index is 614. The minimum atomic E-state index is -0.197. The van der Waals surface area contributed by atoms with E-state index in [1.807, 2.05) is 55.5 Å². The van der Waals surface area contributed by atoms with E-state index in [9.17, 15) is 4.79 Å². The number of aryl methyl sites for hydroxylation is 1. The first-order valence-electron chi connectivity index (χ1n) is 7.14. The fourth-order valence-corrected chi connectivity index (χ4v) is 2.24. The van der Waals surface area contributed by atoms with E-state index in [1.165, 1.54) is 0 Å². The van der Waals surface area contributed by atoms with Crippen LogP contribution in [0.5, 0.6) is 5.75 Å². The van der Waals surface area contributed by atoms with Crippen molar-refractivity contribution in [1.29, 1.82) is 0 Å². The van der Waals surface area contributed by atoms with Gasteiger partial charge in [0.05, 0.1) is 6.61 Å². The van der Waals surface area contributed by atoms with Gasteiger partial charge in [0.1, 0.15) is 5.75 Å². The lowest BCUT2D eigenvalue weighted by atomic mass is 10.2. The molecule has 2 N–H and O–H groups in total. The molecule has 2 aromatic carbocycles.